The number of benzene rings is 1. The monoisotopic (exact) mass is 369 g/mol. The van der Waals surface area contributed by atoms with Gasteiger partial charge in [0.1, 0.15) is 17.4 Å². The van der Waals surface area contributed by atoms with Gasteiger partial charge in [-0.25, -0.2) is 0 Å². The van der Waals surface area contributed by atoms with Gasteiger partial charge in [-0.1, -0.05) is 0 Å². The largest absolute Gasteiger partial charge is 0.486 e. The van der Waals surface area contributed by atoms with Crippen molar-refractivity contribution in [1.29, 1.82) is 0 Å². The van der Waals surface area contributed by atoms with E-state index in [1.54, 1.807) is 12.1 Å². The summed E-state index contributed by atoms with van der Waals surface area (Å²) < 4.78 is 6.24. The van der Waals surface area contributed by atoms with Crippen LogP contribution in [0.2, 0.25) is 0 Å². The van der Waals surface area contributed by atoms with Crippen LogP contribution < -0.4 is 15.4 Å². The third-order valence-corrected chi connectivity index (χ3v) is 6.00. The summed E-state index contributed by atoms with van der Waals surface area (Å²) in [6.07, 6.45) is 2.83. The number of imide groups is 2. The van der Waals surface area contributed by atoms with Gasteiger partial charge in [0.2, 0.25) is 11.8 Å². The zero-order chi connectivity index (χ0) is 18.8. The lowest BCUT2D eigenvalue weighted by molar-refractivity contribution is -0.136. The maximum Gasteiger partial charge on any atom is 0.262 e. The van der Waals surface area contributed by atoms with Crippen LogP contribution in [0.4, 0.5) is 0 Å². The van der Waals surface area contributed by atoms with Gasteiger partial charge in [-0.15, -0.1) is 0 Å². The predicted octanol–water partition coefficient (Wildman–Crippen LogP) is 0.145. The van der Waals surface area contributed by atoms with E-state index in [-0.39, 0.29) is 29.9 Å². The number of carbonyl (C=O) groups excluding carboxylic acids is 4. The average Bonchev–Trinajstić information content (AvgIpc) is 3.18. The summed E-state index contributed by atoms with van der Waals surface area (Å²) in [4.78, 5) is 50.3. The van der Waals surface area contributed by atoms with Crippen LogP contribution in [0.25, 0.3) is 0 Å². The first-order valence-electron chi connectivity index (χ1n) is 9.26. The van der Waals surface area contributed by atoms with Crippen LogP contribution in [0.1, 0.15) is 52.0 Å². The number of nitrogens with one attached hydrogen (secondary N) is 2. The average molecular weight is 369 g/mol. The van der Waals surface area contributed by atoms with Crippen LogP contribution in [0, 0.1) is 0 Å². The minimum absolute atomic E-state index is 0.110. The maximum atomic E-state index is 12.9. The molecule has 4 aliphatic heterocycles. The van der Waals surface area contributed by atoms with Crippen LogP contribution in [0.3, 0.4) is 0 Å². The fraction of sp³-hybridized carbons (Fsp3) is 0.474. The Morgan fingerprint density at radius 1 is 1.04 bits per heavy atom. The number of hydrogen-bond donors (Lipinski definition) is 2. The van der Waals surface area contributed by atoms with E-state index in [0.717, 1.165) is 42.8 Å². The van der Waals surface area contributed by atoms with Gasteiger partial charge in [-0.3, -0.25) is 29.4 Å². The molecule has 1 spiro atoms. The van der Waals surface area contributed by atoms with Gasteiger partial charge >= 0.3 is 0 Å². The quantitative estimate of drug-likeness (QED) is 0.683. The Bertz CT molecular complexity index is 903. The lowest BCUT2D eigenvalue weighted by Gasteiger charge is -2.35. The van der Waals surface area contributed by atoms with Crippen molar-refractivity contribution < 1.29 is 23.9 Å². The molecule has 8 nitrogen and oxygen atoms in total. The van der Waals surface area contributed by atoms with E-state index in [1.165, 1.54) is 0 Å². The first kappa shape index (κ1) is 16.4. The standard InChI is InChI=1S/C19H19N3O5/c23-15-2-1-13(16(24)21-15)22-17(25)11-7-10-3-4-19(5-6-20-9-19)27-14(10)8-12(11)18(22)26/h7-8,13,20H,1-6,9H2,(H,21,23,24). The van der Waals surface area contributed by atoms with Gasteiger partial charge in [-0.05, 0) is 43.5 Å². The summed E-state index contributed by atoms with van der Waals surface area (Å²) in [6, 6.07) is 2.43. The molecule has 4 heterocycles. The third kappa shape index (κ3) is 2.39. The molecule has 0 radical (unpaired) electrons. The smallest absolute Gasteiger partial charge is 0.262 e. The number of fused-ring (bicyclic) bond motifs is 2. The minimum Gasteiger partial charge on any atom is -0.486 e. The summed E-state index contributed by atoms with van der Waals surface area (Å²) >= 11 is 0. The predicted molar refractivity (Wildman–Crippen MR) is 92.3 cm³/mol. The molecule has 5 rings (SSSR count). The molecule has 8 heteroatoms. The van der Waals surface area contributed by atoms with Gasteiger partial charge in [0.05, 0.1) is 11.1 Å². The second-order valence-electron chi connectivity index (χ2n) is 7.66. The van der Waals surface area contributed by atoms with Crippen molar-refractivity contribution in [2.75, 3.05) is 13.1 Å². The molecule has 2 fully saturated rings. The summed E-state index contributed by atoms with van der Waals surface area (Å²) in [5.41, 5.74) is 1.26. The molecule has 27 heavy (non-hydrogen) atoms. The highest BCUT2D eigenvalue weighted by Gasteiger charge is 2.46. The summed E-state index contributed by atoms with van der Waals surface area (Å²) in [5.74, 6) is -1.31. The van der Waals surface area contributed by atoms with Crippen molar-refractivity contribution >= 4 is 23.6 Å². The fourth-order valence-electron chi connectivity index (χ4n) is 4.50. The number of ether oxygens (including phenoxy) is 1. The number of carbonyl (C=O) groups is 4. The molecule has 1 aromatic carbocycles. The zero-order valence-electron chi connectivity index (χ0n) is 14.7. The Kier molecular flexibility index (Phi) is 3.42. The van der Waals surface area contributed by atoms with Crippen molar-refractivity contribution in [3.63, 3.8) is 0 Å². The molecule has 0 bridgehead atoms. The van der Waals surface area contributed by atoms with Crippen molar-refractivity contribution in [3.05, 3.63) is 28.8 Å². The second-order valence-corrected chi connectivity index (χ2v) is 7.66. The summed E-state index contributed by atoms with van der Waals surface area (Å²) in [5, 5.41) is 5.52. The van der Waals surface area contributed by atoms with Crippen LogP contribution in [0.15, 0.2) is 12.1 Å². The van der Waals surface area contributed by atoms with Crippen LogP contribution in [-0.2, 0) is 16.0 Å². The molecular formula is C19H19N3O5. The van der Waals surface area contributed by atoms with E-state index in [1.807, 2.05) is 0 Å². The lowest BCUT2D eigenvalue weighted by Crippen LogP contribution is -2.54. The number of aryl methyl sites for hydroxylation is 1. The summed E-state index contributed by atoms with van der Waals surface area (Å²) in [7, 11) is 0. The van der Waals surface area contributed by atoms with Crippen molar-refractivity contribution in [2.45, 2.75) is 43.7 Å². The number of amides is 4. The number of hydrogen-bond acceptors (Lipinski definition) is 6. The Morgan fingerprint density at radius 3 is 2.52 bits per heavy atom. The third-order valence-electron chi connectivity index (χ3n) is 6.00. The first-order valence-corrected chi connectivity index (χ1v) is 9.26. The minimum atomic E-state index is -0.946. The topological polar surface area (TPSA) is 105 Å². The molecule has 2 unspecified atom stereocenters. The van der Waals surface area contributed by atoms with Gasteiger partial charge in [0, 0.05) is 19.4 Å². The lowest BCUT2D eigenvalue weighted by atomic mass is 9.89. The zero-order valence-corrected chi connectivity index (χ0v) is 14.7. The van der Waals surface area contributed by atoms with Crippen LogP contribution >= 0.6 is 0 Å². The fourth-order valence-corrected chi connectivity index (χ4v) is 4.50. The normalized spacial score (nSPS) is 29.6. The van der Waals surface area contributed by atoms with Crippen molar-refractivity contribution in [2.24, 2.45) is 0 Å². The molecule has 2 N–H and O–H groups in total. The van der Waals surface area contributed by atoms with Crippen LogP contribution in [-0.4, -0.2) is 53.3 Å². The highest BCUT2D eigenvalue weighted by atomic mass is 16.5. The van der Waals surface area contributed by atoms with E-state index < -0.39 is 23.8 Å². The number of rotatable bonds is 1. The molecule has 140 valence electrons. The van der Waals surface area contributed by atoms with E-state index in [2.05, 4.69) is 10.6 Å². The van der Waals surface area contributed by atoms with Gasteiger partial charge in [-0.2, -0.15) is 0 Å². The van der Waals surface area contributed by atoms with Gasteiger partial charge in [0.25, 0.3) is 11.8 Å². The molecule has 0 aromatic heterocycles. The van der Waals surface area contributed by atoms with Crippen molar-refractivity contribution in [1.82, 2.24) is 15.5 Å². The molecule has 4 amide bonds. The molecule has 0 aliphatic carbocycles. The van der Waals surface area contributed by atoms with Crippen molar-refractivity contribution in [3.8, 4) is 5.75 Å². The van der Waals surface area contributed by atoms with E-state index in [0.29, 0.717) is 11.3 Å². The Hall–Kier alpha value is -2.74. The first-order chi connectivity index (χ1) is 13.0. The Labute approximate surface area is 155 Å². The second kappa shape index (κ2) is 5.63. The molecule has 2 atom stereocenters. The molecular weight excluding hydrogens is 350 g/mol. The van der Waals surface area contributed by atoms with Gasteiger partial charge in [0.15, 0.2) is 0 Å². The Morgan fingerprint density at radius 2 is 1.81 bits per heavy atom. The number of piperidine rings is 1. The molecule has 0 saturated carbocycles. The van der Waals surface area contributed by atoms with E-state index in [9.17, 15) is 19.2 Å². The molecule has 1 aromatic rings. The number of nitrogens with zero attached hydrogens (tertiary/aromatic N) is 1. The van der Waals surface area contributed by atoms with Crippen LogP contribution in [0.5, 0.6) is 5.75 Å². The van der Waals surface area contributed by atoms with Gasteiger partial charge < -0.3 is 10.1 Å². The highest BCUT2D eigenvalue weighted by molar-refractivity contribution is 6.23. The highest BCUT2D eigenvalue weighted by Crippen LogP contribution is 2.40. The summed E-state index contributed by atoms with van der Waals surface area (Å²) in [6.45, 7) is 1.68. The SMILES string of the molecule is O=C1CCC(N2C(=O)c3cc4c(cc3C2=O)OC2(CCNC2)CC4)C(=O)N1. The maximum absolute atomic E-state index is 12.9. The Balaban J connectivity index is 1.49. The molecule has 4 aliphatic rings. The van der Waals surface area contributed by atoms with E-state index in [4.69, 9.17) is 4.74 Å². The van der Waals surface area contributed by atoms with E-state index >= 15 is 0 Å². The molecule has 2 saturated heterocycles.